The Morgan fingerprint density at radius 1 is 1.20 bits per heavy atom. The molecular weight excluding hydrogens is 352 g/mol. The van der Waals surface area contributed by atoms with Gasteiger partial charge in [-0.05, 0) is 24.7 Å². The van der Waals surface area contributed by atoms with E-state index >= 15 is 0 Å². The normalized spacial score (nSPS) is 24.3. The smallest absolute Gasteiger partial charge is 0.306 e. The van der Waals surface area contributed by atoms with Crippen LogP contribution >= 0.6 is 0 Å². The van der Waals surface area contributed by atoms with Gasteiger partial charge in [0.15, 0.2) is 0 Å². The van der Waals surface area contributed by atoms with Gasteiger partial charge < -0.3 is 20.5 Å². The standard InChI is InChI=1S/C15H26N2O7S/c1-9(2)5-6-16-12(18)11(7-10(3)4)17-13(19)15(14(20)21)8-23-25(22)24-15/h9-11H,5-8H2,1-4H3,(H,16,18)(H,17,19)(H,20,21)/p-1/t11-,15+,25?/m0/s1. The van der Waals surface area contributed by atoms with Crippen molar-refractivity contribution >= 4 is 29.1 Å². The van der Waals surface area contributed by atoms with Crippen molar-refractivity contribution in [3.63, 3.8) is 0 Å². The van der Waals surface area contributed by atoms with Crippen molar-refractivity contribution in [1.82, 2.24) is 10.6 Å². The van der Waals surface area contributed by atoms with E-state index in [-0.39, 0.29) is 5.92 Å². The number of nitrogens with one attached hydrogen (secondary N) is 2. The molecule has 1 rings (SSSR count). The zero-order chi connectivity index (χ0) is 19.2. The van der Waals surface area contributed by atoms with Crippen LogP contribution in [-0.2, 0) is 34.1 Å². The molecule has 9 nitrogen and oxygen atoms in total. The van der Waals surface area contributed by atoms with Gasteiger partial charge in [0.1, 0.15) is 12.6 Å². The zero-order valence-electron chi connectivity index (χ0n) is 14.8. The molecule has 0 aromatic rings. The lowest BCUT2D eigenvalue weighted by Crippen LogP contribution is -2.63. The van der Waals surface area contributed by atoms with Crippen molar-refractivity contribution in [3.05, 3.63) is 0 Å². The van der Waals surface area contributed by atoms with Crippen molar-refractivity contribution in [2.24, 2.45) is 11.8 Å². The van der Waals surface area contributed by atoms with Crippen LogP contribution in [0.1, 0.15) is 40.5 Å². The second-order valence-corrected chi connectivity index (χ2v) is 7.60. The molecule has 1 heterocycles. The molecule has 1 aliphatic rings. The number of carbonyl (C=O) groups is 3. The van der Waals surface area contributed by atoms with E-state index < -0.39 is 47.4 Å². The summed E-state index contributed by atoms with van der Waals surface area (Å²) < 4.78 is 20.3. The summed E-state index contributed by atoms with van der Waals surface area (Å²) in [5, 5.41) is 16.4. The van der Waals surface area contributed by atoms with E-state index in [1.165, 1.54) is 0 Å². The Bertz CT molecular complexity index is 538. The molecule has 10 heteroatoms. The highest BCUT2D eigenvalue weighted by Gasteiger charge is 2.50. The van der Waals surface area contributed by atoms with Crippen molar-refractivity contribution in [2.75, 3.05) is 13.2 Å². The fraction of sp³-hybridized carbons (Fsp3) is 0.800. The van der Waals surface area contributed by atoms with Crippen LogP contribution in [0, 0.1) is 11.8 Å². The van der Waals surface area contributed by atoms with Crippen molar-refractivity contribution in [3.8, 4) is 0 Å². The molecule has 2 amide bonds. The minimum atomic E-state index is -2.53. The lowest BCUT2D eigenvalue weighted by Gasteiger charge is -2.28. The topological polar surface area (TPSA) is 134 Å². The van der Waals surface area contributed by atoms with Crippen LogP contribution in [0.15, 0.2) is 0 Å². The molecule has 25 heavy (non-hydrogen) atoms. The molecule has 1 unspecified atom stereocenters. The summed E-state index contributed by atoms with van der Waals surface area (Å²) in [4.78, 5) is 36.0. The average Bonchev–Trinajstić information content (AvgIpc) is 2.89. The van der Waals surface area contributed by atoms with Gasteiger partial charge >= 0.3 is 11.4 Å². The number of carbonyl (C=O) groups excluding carboxylic acids is 3. The number of carboxylic acids is 1. The fourth-order valence-electron chi connectivity index (χ4n) is 2.17. The second-order valence-electron chi connectivity index (χ2n) is 6.79. The molecule has 0 aliphatic carbocycles. The Labute approximate surface area is 149 Å². The summed E-state index contributed by atoms with van der Waals surface area (Å²) >= 11 is -2.36. The Balaban J connectivity index is 2.82. The molecule has 1 fully saturated rings. The maximum atomic E-state index is 12.4. The molecule has 1 aliphatic heterocycles. The molecule has 0 aromatic carbocycles. The zero-order valence-corrected chi connectivity index (χ0v) is 15.6. The third kappa shape index (κ3) is 6.05. The number of amides is 2. The highest BCUT2D eigenvalue weighted by atomic mass is 32.2. The van der Waals surface area contributed by atoms with Crippen molar-refractivity contribution in [1.29, 1.82) is 0 Å². The van der Waals surface area contributed by atoms with Crippen LogP contribution < -0.4 is 15.7 Å². The number of hydrogen-bond donors (Lipinski definition) is 2. The third-order valence-electron chi connectivity index (χ3n) is 3.62. The van der Waals surface area contributed by atoms with Gasteiger partial charge in [0.2, 0.25) is 11.5 Å². The van der Waals surface area contributed by atoms with Crippen LogP contribution in [0.25, 0.3) is 0 Å². The molecule has 3 atom stereocenters. The highest BCUT2D eigenvalue weighted by Crippen LogP contribution is 2.22. The molecule has 0 saturated carbocycles. The summed E-state index contributed by atoms with van der Waals surface area (Å²) in [6.45, 7) is 7.44. The van der Waals surface area contributed by atoms with E-state index in [1.54, 1.807) is 0 Å². The van der Waals surface area contributed by atoms with Crippen LogP contribution in [0.3, 0.4) is 0 Å². The first-order chi connectivity index (χ1) is 11.6. The molecule has 0 spiro atoms. The molecule has 2 N–H and O–H groups in total. The Morgan fingerprint density at radius 3 is 2.28 bits per heavy atom. The number of aliphatic carboxylic acids is 1. The summed E-state index contributed by atoms with van der Waals surface area (Å²) in [5.74, 6) is -2.95. The molecule has 0 aromatic heterocycles. The lowest BCUT2D eigenvalue weighted by atomic mass is 10.00. The Morgan fingerprint density at radius 2 is 1.84 bits per heavy atom. The molecule has 0 bridgehead atoms. The minimum absolute atomic E-state index is 0.0648. The molecule has 0 radical (unpaired) electrons. The van der Waals surface area contributed by atoms with Gasteiger partial charge in [-0.1, -0.05) is 27.7 Å². The maximum Gasteiger partial charge on any atom is 0.306 e. The number of hydrogen-bond acceptors (Lipinski definition) is 7. The van der Waals surface area contributed by atoms with E-state index in [0.29, 0.717) is 18.9 Å². The summed E-state index contributed by atoms with van der Waals surface area (Å²) in [7, 11) is 0. The first-order valence-corrected chi connectivity index (χ1v) is 9.13. The van der Waals surface area contributed by atoms with E-state index in [1.807, 2.05) is 27.7 Å². The van der Waals surface area contributed by atoms with Gasteiger partial charge in [-0.3, -0.25) is 13.8 Å². The van der Waals surface area contributed by atoms with Gasteiger partial charge in [-0.2, -0.15) is 4.21 Å². The number of rotatable bonds is 9. The first kappa shape index (κ1) is 21.5. The van der Waals surface area contributed by atoms with Gasteiger partial charge in [-0.15, -0.1) is 0 Å². The fourth-order valence-corrected chi connectivity index (χ4v) is 2.90. The van der Waals surface area contributed by atoms with E-state index in [0.717, 1.165) is 6.42 Å². The third-order valence-corrected chi connectivity index (χ3v) is 4.35. The van der Waals surface area contributed by atoms with Crippen LogP contribution in [0.2, 0.25) is 0 Å². The van der Waals surface area contributed by atoms with E-state index in [9.17, 15) is 23.7 Å². The Hall–Kier alpha value is -1.52. The monoisotopic (exact) mass is 377 g/mol. The minimum Gasteiger partial charge on any atom is -0.546 e. The SMILES string of the molecule is CC(C)CCNC(=O)[C@H](CC(C)C)NC(=O)[C@@]1(C(=O)[O-])COS(=O)O1. The van der Waals surface area contributed by atoms with E-state index in [4.69, 9.17) is 0 Å². The van der Waals surface area contributed by atoms with Gasteiger partial charge in [-0.25, -0.2) is 4.18 Å². The van der Waals surface area contributed by atoms with Crippen molar-refractivity contribution in [2.45, 2.75) is 52.2 Å². The molecule has 144 valence electrons. The first-order valence-electron chi connectivity index (χ1n) is 8.13. The van der Waals surface area contributed by atoms with Crippen LogP contribution in [0.5, 0.6) is 0 Å². The van der Waals surface area contributed by atoms with Gasteiger partial charge in [0.25, 0.3) is 5.91 Å². The largest absolute Gasteiger partial charge is 0.546 e. The lowest BCUT2D eigenvalue weighted by molar-refractivity contribution is -0.318. The predicted octanol–water partition coefficient (Wildman–Crippen LogP) is -1.21. The Kier molecular flexibility index (Phi) is 7.97. The summed E-state index contributed by atoms with van der Waals surface area (Å²) in [6.07, 6.45) is 1.07. The van der Waals surface area contributed by atoms with Gasteiger partial charge in [0, 0.05) is 6.54 Å². The van der Waals surface area contributed by atoms with Crippen molar-refractivity contribution < 1.29 is 32.1 Å². The molecule has 1 saturated heterocycles. The predicted molar refractivity (Wildman–Crippen MR) is 86.8 cm³/mol. The molecular formula is C15H25N2O7S-. The van der Waals surface area contributed by atoms with Crippen LogP contribution in [0.4, 0.5) is 0 Å². The van der Waals surface area contributed by atoms with Gasteiger partial charge in [0.05, 0.1) is 5.97 Å². The second kappa shape index (κ2) is 9.25. The summed E-state index contributed by atoms with van der Waals surface area (Å²) in [5.41, 5.74) is -2.53. The van der Waals surface area contributed by atoms with Crippen LogP contribution in [-0.4, -0.2) is 46.8 Å². The average molecular weight is 377 g/mol. The highest BCUT2D eigenvalue weighted by molar-refractivity contribution is 7.75. The number of carboxylic acid groups (broad SMARTS) is 1. The van der Waals surface area contributed by atoms with E-state index in [2.05, 4.69) is 19.0 Å². The maximum absolute atomic E-state index is 12.4. The summed E-state index contributed by atoms with van der Waals surface area (Å²) in [6, 6.07) is -0.950. The quantitative estimate of drug-likeness (QED) is 0.482.